The molecule has 1 atom stereocenters. The summed E-state index contributed by atoms with van der Waals surface area (Å²) in [7, 11) is 1.35. The number of amides is 2. The van der Waals surface area contributed by atoms with E-state index in [9.17, 15) is 29.8 Å². The van der Waals surface area contributed by atoms with Crippen LogP contribution in [0.5, 0.6) is 5.75 Å². The Hall–Kier alpha value is -4.02. The Bertz CT molecular complexity index is 945. The number of ether oxygens (including phenoxy) is 1. The van der Waals surface area contributed by atoms with Gasteiger partial charge in [0.15, 0.2) is 0 Å². The van der Waals surface area contributed by atoms with Gasteiger partial charge in [0.1, 0.15) is 11.8 Å². The minimum Gasteiger partial charge on any atom is -0.496 e. The molecular weight excluding hydrogens is 372 g/mol. The number of nitro groups is 2. The van der Waals surface area contributed by atoms with Crippen LogP contribution in [0.1, 0.15) is 15.9 Å². The fraction of sp³-hybridized carbons (Fsp3) is 0.176. The number of hydrogen-bond acceptors (Lipinski definition) is 7. The van der Waals surface area contributed by atoms with Gasteiger partial charge in [-0.2, -0.15) is 0 Å². The van der Waals surface area contributed by atoms with Crippen LogP contribution in [-0.4, -0.2) is 34.8 Å². The molecule has 3 N–H and O–H groups in total. The van der Waals surface area contributed by atoms with Crippen molar-refractivity contribution in [3.63, 3.8) is 0 Å². The first-order valence-electron chi connectivity index (χ1n) is 7.89. The van der Waals surface area contributed by atoms with E-state index in [1.165, 1.54) is 43.5 Å². The van der Waals surface area contributed by atoms with Gasteiger partial charge in [0, 0.05) is 41.8 Å². The van der Waals surface area contributed by atoms with E-state index in [1.807, 2.05) is 0 Å². The lowest BCUT2D eigenvalue weighted by Gasteiger charge is -2.17. The molecule has 0 saturated heterocycles. The molecule has 0 spiro atoms. The lowest BCUT2D eigenvalue weighted by Crippen LogP contribution is -2.45. The molecule has 2 rings (SSSR count). The maximum absolute atomic E-state index is 12.4. The van der Waals surface area contributed by atoms with Crippen molar-refractivity contribution in [1.29, 1.82) is 0 Å². The Morgan fingerprint density at radius 3 is 2.32 bits per heavy atom. The van der Waals surface area contributed by atoms with Gasteiger partial charge in [-0.3, -0.25) is 29.8 Å². The molecule has 0 radical (unpaired) electrons. The molecule has 0 unspecified atom stereocenters. The number of primary amides is 1. The summed E-state index contributed by atoms with van der Waals surface area (Å²) in [4.78, 5) is 44.7. The van der Waals surface area contributed by atoms with E-state index in [1.54, 1.807) is 0 Å². The van der Waals surface area contributed by atoms with Crippen LogP contribution in [-0.2, 0) is 11.2 Å². The van der Waals surface area contributed by atoms with Crippen LogP contribution in [0.3, 0.4) is 0 Å². The predicted octanol–water partition coefficient (Wildman–Crippen LogP) is 1.34. The number of nitrogens with one attached hydrogen (secondary N) is 1. The summed E-state index contributed by atoms with van der Waals surface area (Å²) in [5.74, 6) is -1.36. The van der Waals surface area contributed by atoms with Crippen molar-refractivity contribution >= 4 is 23.2 Å². The first-order chi connectivity index (χ1) is 13.2. The van der Waals surface area contributed by atoms with Crippen molar-refractivity contribution < 1.29 is 24.2 Å². The van der Waals surface area contributed by atoms with E-state index in [-0.39, 0.29) is 29.1 Å². The molecular formula is C17H16N4O7. The molecule has 0 aliphatic heterocycles. The Morgan fingerprint density at radius 1 is 1.11 bits per heavy atom. The summed E-state index contributed by atoms with van der Waals surface area (Å²) in [5.41, 5.74) is 5.09. The molecule has 0 aliphatic rings. The molecule has 0 aromatic heterocycles. The van der Waals surface area contributed by atoms with Gasteiger partial charge in [-0.1, -0.05) is 6.07 Å². The monoisotopic (exact) mass is 388 g/mol. The van der Waals surface area contributed by atoms with Crippen LogP contribution in [0.2, 0.25) is 0 Å². The molecule has 2 aromatic rings. The van der Waals surface area contributed by atoms with E-state index in [4.69, 9.17) is 10.5 Å². The minimum absolute atomic E-state index is 0.0357. The van der Waals surface area contributed by atoms with Gasteiger partial charge in [0.25, 0.3) is 17.3 Å². The molecule has 2 aromatic carbocycles. The quantitative estimate of drug-likeness (QED) is 0.508. The van der Waals surface area contributed by atoms with Gasteiger partial charge in [0.05, 0.1) is 17.0 Å². The van der Waals surface area contributed by atoms with Crippen LogP contribution in [0.25, 0.3) is 0 Å². The van der Waals surface area contributed by atoms with Gasteiger partial charge in [0.2, 0.25) is 5.91 Å². The van der Waals surface area contributed by atoms with E-state index >= 15 is 0 Å². The average Bonchev–Trinajstić information content (AvgIpc) is 2.67. The number of nitro benzene ring substituents is 2. The zero-order valence-electron chi connectivity index (χ0n) is 14.7. The van der Waals surface area contributed by atoms with Crippen molar-refractivity contribution in [2.24, 2.45) is 5.73 Å². The molecule has 0 heterocycles. The number of nitrogens with zero attached hydrogens (tertiary/aromatic N) is 2. The van der Waals surface area contributed by atoms with Crippen molar-refractivity contribution in [1.82, 2.24) is 5.32 Å². The average molecular weight is 388 g/mol. The standard InChI is InChI=1S/C17H16N4O7/c1-28-15-6-5-13(21(26)27)8-11(15)9-14(16(18)22)19-17(23)10-3-2-4-12(7-10)20(24)25/h2-8,14H,9H2,1H3,(H2,18,22)(H,19,23)/t14-/m1/s1. The number of carbonyl (C=O) groups is 2. The lowest BCUT2D eigenvalue weighted by molar-refractivity contribution is -0.385. The van der Waals surface area contributed by atoms with E-state index < -0.39 is 27.7 Å². The van der Waals surface area contributed by atoms with Crippen molar-refractivity contribution in [2.75, 3.05) is 7.11 Å². The molecule has 0 saturated carbocycles. The fourth-order valence-corrected chi connectivity index (χ4v) is 2.48. The van der Waals surface area contributed by atoms with Gasteiger partial charge in [-0.05, 0) is 12.1 Å². The molecule has 0 bridgehead atoms. The van der Waals surface area contributed by atoms with Crippen LogP contribution in [0.4, 0.5) is 11.4 Å². The zero-order valence-corrected chi connectivity index (χ0v) is 14.7. The first-order valence-corrected chi connectivity index (χ1v) is 7.89. The largest absolute Gasteiger partial charge is 0.496 e. The van der Waals surface area contributed by atoms with Crippen LogP contribution < -0.4 is 15.8 Å². The summed E-state index contributed by atoms with van der Waals surface area (Å²) >= 11 is 0. The summed E-state index contributed by atoms with van der Waals surface area (Å²) in [6, 6.07) is 7.55. The zero-order chi connectivity index (χ0) is 20.8. The van der Waals surface area contributed by atoms with Gasteiger partial charge in [-0.25, -0.2) is 0 Å². The molecule has 11 nitrogen and oxygen atoms in total. The topological polar surface area (TPSA) is 168 Å². The highest BCUT2D eigenvalue weighted by molar-refractivity contribution is 5.97. The van der Waals surface area contributed by atoms with Crippen LogP contribution >= 0.6 is 0 Å². The summed E-state index contributed by atoms with van der Waals surface area (Å²) in [6.45, 7) is 0. The number of carbonyl (C=O) groups excluding carboxylic acids is 2. The smallest absolute Gasteiger partial charge is 0.270 e. The molecule has 2 amide bonds. The van der Waals surface area contributed by atoms with E-state index in [0.717, 1.165) is 6.07 Å². The number of non-ortho nitro benzene ring substituents is 2. The molecule has 0 fully saturated rings. The predicted molar refractivity (Wildman–Crippen MR) is 96.9 cm³/mol. The van der Waals surface area contributed by atoms with Crippen LogP contribution in [0, 0.1) is 20.2 Å². The summed E-state index contributed by atoms with van der Waals surface area (Å²) in [5, 5.41) is 24.2. The number of benzene rings is 2. The van der Waals surface area contributed by atoms with Gasteiger partial charge in [-0.15, -0.1) is 0 Å². The number of nitrogens with two attached hydrogens (primary N) is 1. The Kier molecular flexibility index (Phi) is 6.22. The second kappa shape index (κ2) is 8.58. The SMILES string of the molecule is COc1ccc([N+](=O)[O-])cc1C[C@@H](NC(=O)c1cccc([N+](=O)[O-])c1)C(N)=O. The van der Waals surface area contributed by atoms with Gasteiger partial charge < -0.3 is 15.8 Å². The summed E-state index contributed by atoms with van der Waals surface area (Å²) in [6.07, 6.45) is -0.166. The van der Waals surface area contributed by atoms with E-state index in [0.29, 0.717) is 5.56 Å². The highest BCUT2D eigenvalue weighted by atomic mass is 16.6. The molecule has 0 aliphatic carbocycles. The molecule has 28 heavy (non-hydrogen) atoms. The minimum atomic E-state index is -1.22. The normalized spacial score (nSPS) is 11.3. The third-order valence-electron chi connectivity index (χ3n) is 3.87. The van der Waals surface area contributed by atoms with Crippen molar-refractivity contribution in [2.45, 2.75) is 12.5 Å². The number of hydrogen-bond donors (Lipinski definition) is 2. The maximum atomic E-state index is 12.4. The number of rotatable bonds is 8. The Morgan fingerprint density at radius 2 is 1.75 bits per heavy atom. The van der Waals surface area contributed by atoms with E-state index in [2.05, 4.69) is 5.32 Å². The maximum Gasteiger partial charge on any atom is 0.270 e. The van der Waals surface area contributed by atoms with Crippen molar-refractivity contribution in [3.05, 3.63) is 73.8 Å². The third kappa shape index (κ3) is 4.78. The van der Waals surface area contributed by atoms with Crippen LogP contribution in [0.15, 0.2) is 42.5 Å². The highest BCUT2D eigenvalue weighted by Gasteiger charge is 2.23. The van der Waals surface area contributed by atoms with Crippen molar-refractivity contribution in [3.8, 4) is 5.75 Å². The molecule has 146 valence electrons. The second-order valence-corrected chi connectivity index (χ2v) is 5.69. The third-order valence-corrected chi connectivity index (χ3v) is 3.87. The lowest BCUT2D eigenvalue weighted by atomic mass is 10.0. The first kappa shape index (κ1) is 20.3. The molecule has 11 heteroatoms. The summed E-state index contributed by atoms with van der Waals surface area (Å²) < 4.78 is 5.13. The highest BCUT2D eigenvalue weighted by Crippen LogP contribution is 2.25. The number of methoxy groups -OCH3 is 1. The second-order valence-electron chi connectivity index (χ2n) is 5.69. The fourth-order valence-electron chi connectivity index (χ4n) is 2.48. The Labute approximate surface area is 158 Å². The Balaban J connectivity index is 2.27. The van der Waals surface area contributed by atoms with Gasteiger partial charge >= 0.3 is 0 Å².